The van der Waals surface area contributed by atoms with Gasteiger partial charge in [0.1, 0.15) is 17.1 Å². The van der Waals surface area contributed by atoms with Crippen LogP contribution >= 0.6 is 0 Å². The Morgan fingerprint density at radius 3 is 2.70 bits per heavy atom. The minimum absolute atomic E-state index is 0.238. The zero-order valence-corrected chi connectivity index (χ0v) is 18.1. The topological polar surface area (TPSA) is 124 Å². The summed E-state index contributed by atoms with van der Waals surface area (Å²) >= 11 is 0. The fourth-order valence-electron chi connectivity index (χ4n) is 4.30. The molecule has 0 spiro atoms. The van der Waals surface area contributed by atoms with E-state index in [2.05, 4.69) is 14.9 Å². The first-order chi connectivity index (χ1) is 15.9. The number of rotatable bonds is 4. The molecule has 9 nitrogen and oxygen atoms in total. The van der Waals surface area contributed by atoms with Crippen molar-refractivity contribution >= 4 is 28.4 Å². The van der Waals surface area contributed by atoms with E-state index in [0.29, 0.717) is 35.9 Å². The third kappa shape index (κ3) is 3.34. The lowest BCUT2D eigenvalue weighted by molar-refractivity contribution is 0.0695. The number of aromatic nitrogens is 3. The zero-order valence-electron chi connectivity index (χ0n) is 18.1. The predicted octanol–water partition coefficient (Wildman–Crippen LogP) is 2.90. The van der Waals surface area contributed by atoms with Crippen molar-refractivity contribution in [3.05, 3.63) is 81.5 Å². The lowest BCUT2D eigenvalue weighted by Gasteiger charge is -2.23. The SMILES string of the molecule is COc1cc2c(=O)c(C(=O)O)cn(-c3cnc(N)cc3C)c2cc1N1Cc2cccnc2C1. The zero-order chi connectivity index (χ0) is 23.3. The number of pyridine rings is 3. The summed E-state index contributed by atoms with van der Waals surface area (Å²) in [5.74, 6) is -0.473. The van der Waals surface area contributed by atoms with E-state index in [1.807, 2.05) is 25.1 Å². The van der Waals surface area contributed by atoms with Gasteiger partial charge in [-0.3, -0.25) is 9.78 Å². The summed E-state index contributed by atoms with van der Waals surface area (Å²) in [6.07, 6.45) is 4.67. The van der Waals surface area contributed by atoms with Crippen LogP contribution in [0.5, 0.6) is 5.75 Å². The fraction of sp³-hybridized carbons (Fsp3) is 0.167. The molecule has 4 aromatic rings. The molecule has 1 aliphatic rings. The molecule has 0 amide bonds. The molecule has 33 heavy (non-hydrogen) atoms. The average molecular weight is 443 g/mol. The number of hydrogen-bond donors (Lipinski definition) is 2. The molecule has 9 heteroatoms. The first-order valence-corrected chi connectivity index (χ1v) is 10.3. The Hall–Kier alpha value is -4.40. The molecule has 5 rings (SSSR count). The highest BCUT2D eigenvalue weighted by Crippen LogP contribution is 2.37. The summed E-state index contributed by atoms with van der Waals surface area (Å²) in [5.41, 5.74) is 9.73. The van der Waals surface area contributed by atoms with Crippen LogP contribution in [-0.4, -0.2) is 32.7 Å². The predicted molar refractivity (Wildman–Crippen MR) is 124 cm³/mol. The van der Waals surface area contributed by atoms with Crippen LogP contribution in [0.25, 0.3) is 16.6 Å². The molecule has 0 radical (unpaired) electrons. The first-order valence-electron chi connectivity index (χ1n) is 10.3. The van der Waals surface area contributed by atoms with Gasteiger partial charge in [0, 0.05) is 18.9 Å². The number of methoxy groups -OCH3 is 1. The van der Waals surface area contributed by atoms with Gasteiger partial charge in [-0.25, -0.2) is 9.78 Å². The molecule has 0 bridgehead atoms. The molecule has 1 aliphatic heterocycles. The number of nitrogens with two attached hydrogens (primary N) is 1. The average Bonchev–Trinajstić information content (AvgIpc) is 3.23. The third-order valence-corrected chi connectivity index (χ3v) is 5.93. The lowest BCUT2D eigenvalue weighted by Crippen LogP contribution is -2.20. The molecule has 166 valence electrons. The Bertz CT molecular complexity index is 1470. The van der Waals surface area contributed by atoms with E-state index in [1.165, 1.54) is 13.3 Å². The van der Waals surface area contributed by atoms with E-state index in [-0.39, 0.29) is 10.9 Å². The monoisotopic (exact) mass is 443 g/mol. The highest BCUT2D eigenvalue weighted by molar-refractivity contribution is 5.95. The summed E-state index contributed by atoms with van der Waals surface area (Å²) in [4.78, 5) is 35.7. The molecule has 0 atom stereocenters. The maximum Gasteiger partial charge on any atom is 0.341 e. The molecule has 3 aromatic heterocycles. The van der Waals surface area contributed by atoms with Gasteiger partial charge in [-0.05, 0) is 42.3 Å². The van der Waals surface area contributed by atoms with Crippen LogP contribution in [0.3, 0.4) is 0 Å². The normalized spacial score (nSPS) is 12.7. The maximum absolute atomic E-state index is 13.1. The Morgan fingerprint density at radius 2 is 2.00 bits per heavy atom. The first kappa shape index (κ1) is 20.5. The van der Waals surface area contributed by atoms with E-state index < -0.39 is 11.4 Å². The van der Waals surface area contributed by atoms with E-state index >= 15 is 0 Å². The Morgan fingerprint density at radius 1 is 1.18 bits per heavy atom. The minimum Gasteiger partial charge on any atom is -0.495 e. The number of carbonyl (C=O) groups is 1. The van der Waals surface area contributed by atoms with Crippen LogP contribution in [0, 0.1) is 6.92 Å². The van der Waals surface area contributed by atoms with Crippen LogP contribution in [0.4, 0.5) is 11.5 Å². The number of fused-ring (bicyclic) bond motifs is 2. The number of carboxylic acids is 1. The Kier molecular flexibility index (Phi) is 4.74. The number of hydrogen-bond acceptors (Lipinski definition) is 7. The Labute approximate surface area is 188 Å². The van der Waals surface area contributed by atoms with Gasteiger partial charge in [-0.1, -0.05) is 6.07 Å². The number of anilines is 2. The third-order valence-electron chi connectivity index (χ3n) is 5.93. The molecule has 1 aromatic carbocycles. The van der Waals surface area contributed by atoms with Gasteiger partial charge in [0.15, 0.2) is 0 Å². The van der Waals surface area contributed by atoms with Gasteiger partial charge in [0.2, 0.25) is 5.43 Å². The van der Waals surface area contributed by atoms with Crippen LogP contribution in [0.1, 0.15) is 27.2 Å². The van der Waals surface area contributed by atoms with Gasteiger partial charge in [0.25, 0.3) is 0 Å². The van der Waals surface area contributed by atoms with Crippen molar-refractivity contribution < 1.29 is 14.6 Å². The smallest absolute Gasteiger partial charge is 0.341 e. The summed E-state index contributed by atoms with van der Waals surface area (Å²) in [7, 11) is 1.53. The summed E-state index contributed by atoms with van der Waals surface area (Å²) in [6, 6.07) is 9.10. The standard InChI is InChI=1S/C24H21N5O4/c1-13-6-22(25)27-9-20(13)29-11-16(24(31)32)23(30)15-7-21(33-2)19(8-18(15)29)28-10-14-4-3-5-26-17(14)12-28/h3-9,11H,10,12H2,1-2H3,(H2,25,27)(H,31,32). The number of nitrogens with zero attached hydrogens (tertiary/aromatic N) is 4. The fourth-order valence-corrected chi connectivity index (χ4v) is 4.30. The molecule has 0 fully saturated rings. The van der Waals surface area contributed by atoms with Gasteiger partial charge in [-0.15, -0.1) is 0 Å². The summed E-state index contributed by atoms with van der Waals surface area (Å²) in [5, 5.41) is 9.91. The number of aromatic carboxylic acids is 1. The lowest BCUT2D eigenvalue weighted by atomic mass is 10.1. The van der Waals surface area contributed by atoms with Crippen molar-refractivity contribution in [1.29, 1.82) is 0 Å². The van der Waals surface area contributed by atoms with Crippen LogP contribution in [0.15, 0.2) is 53.7 Å². The highest BCUT2D eigenvalue weighted by atomic mass is 16.5. The van der Waals surface area contributed by atoms with Gasteiger partial charge in [-0.2, -0.15) is 0 Å². The van der Waals surface area contributed by atoms with Crippen molar-refractivity contribution in [2.24, 2.45) is 0 Å². The molecule has 0 saturated carbocycles. The second-order valence-electron chi connectivity index (χ2n) is 7.95. The molecule has 3 N–H and O–H groups in total. The van der Waals surface area contributed by atoms with Gasteiger partial charge >= 0.3 is 5.97 Å². The summed E-state index contributed by atoms with van der Waals surface area (Å²) < 4.78 is 7.29. The van der Waals surface area contributed by atoms with Gasteiger partial charge < -0.3 is 25.0 Å². The molecule has 0 unspecified atom stereocenters. The van der Waals surface area contributed by atoms with Crippen LogP contribution in [0.2, 0.25) is 0 Å². The maximum atomic E-state index is 13.1. The summed E-state index contributed by atoms with van der Waals surface area (Å²) in [6.45, 7) is 3.09. The number of ether oxygens (including phenoxy) is 1. The van der Waals surface area contributed by atoms with Crippen LogP contribution < -0.4 is 20.8 Å². The van der Waals surface area contributed by atoms with Crippen LogP contribution in [-0.2, 0) is 13.1 Å². The quantitative estimate of drug-likeness (QED) is 0.493. The largest absolute Gasteiger partial charge is 0.495 e. The molecule has 4 heterocycles. The van der Waals surface area contributed by atoms with E-state index in [9.17, 15) is 14.7 Å². The molecular weight excluding hydrogens is 422 g/mol. The second kappa shape index (κ2) is 7.63. The number of nitrogen functional groups attached to an aromatic ring is 1. The minimum atomic E-state index is -1.30. The van der Waals surface area contributed by atoms with E-state index in [4.69, 9.17) is 10.5 Å². The second-order valence-corrected chi connectivity index (χ2v) is 7.95. The van der Waals surface area contributed by atoms with E-state index in [1.54, 1.807) is 29.1 Å². The van der Waals surface area contributed by atoms with Crippen molar-refractivity contribution in [1.82, 2.24) is 14.5 Å². The molecule has 0 aliphatic carbocycles. The van der Waals surface area contributed by atoms with Crippen molar-refractivity contribution in [3.8, 4) is 11.4 Å². The van der Waals surface area contributed by atoms with Crippen molar-refractivity contribution in [3.63, 3.8) is 0 Å². The number of aryl methyl sites for hydroxylation is 1. The highest BCUT2D eigenvalue weighted by Gasteiger charge is 2.25. The van der Waals surface area contributed by atoms with Gasteiger partial charge in [0.05, 0.1) is 47.8 Å². The van der Waals surface area contributed by atoms with Crippen molar-refractivity contribution in [2.75, 3.05) is 17.7 Å². The molecule has 0 saturated heterocycles. The Balaban J connectivity index is 1.79. The number of carboxylic acid groups (broad SMARTS) is 1. The van der Waals surface area contributed by atoms with Crippen molar-refractivity contribution in [2.45, 2.75) is 20.0 Å². The molecular formula is C24H21N5O4. The number of benzene rings is 1. The van der Waals surface area contributed by atoms with E-state index in [0.717, 1.165) is 22.5 Å².